The van der Waals surface area contributed by atoms with Crippen LogP contribution in [0.3, 0.4) is 0 Å². The van der Waals surface area contributed by atoms with Gasteiger partial charge in [0.15, 0.2) is 0 Å². The van der Waals surface area contributed by atoms with Gasteiger partial charge in [-0.2, -0.15) is 0 Å². The second kappa shape index (κ2) is 6.34. The van der Waals surface area contributed by atoms with Crippen LogP contribution in [0, 0.1) is 0 Å². The zero-order valence-corrected chi connectivity index (χ0v) is 12.3. The molecule has 1 aromatic carbocycles. The van der Waals surface area contributed by atoms with Gasteiger partial charge in [-0.15, -0.1) is 0 Å². The topological polar surface area (TPSA) is 92.9 Å². The largest absolute Gasteiger partial charge is 0.478 e. The van der Waals surface area contributed by atoms with Crippen LogP contribution in [0.2, 0.25) is 0 Å². The standard InChI is InChI=1S/C13H15BrN2O4/c14-10-5-8(13(18)19)1-2-9(10)6-16-3-4-20-7-11(16)12(15)17/h1-2,5,11H,3-4,6-7H2,(H2,15,17)(H,18,19). The molecule has 1 fully saturated rings. The van der Waals surface area contributed by atoms with Crippen molar-refractivity contribution >= 4 is 27.8 Å². The molecule has 0 aliphatic carbocycles. The highest BCUT2D eigenvalue weighted by molar-refractivity contribution is 9.10. The summed E-state index contributed by atoms with van der Waals surface area (Å²) in [5, 5.41) is 8.93. The van der Waals surface area contributed by atoms with Crippen LogP contribution >= 0.6 is 15.9 Å². The number of amides is 1. The van der Waals surface area contributed by atoms with Crippen LogP contribution < -0.4 is 5.73 Å². The molecule has 0 saturated carbocycles. The SMILES string of the molecule is NC(=O)C1COCCN1Cc1ccc(C(=O)O)cc1Br. The van der Waals surface area contributed by atoms with E-state index >= 15 is 0 Å². The van der Waals surface area contributed by atoms with E-state index in [4.69, 9.17) is 15.6 Å². The number of carboxylic acid groups (broad SMARTS) is 1. The summed E-state index contributed by atoms with van der Waals surface area (Å²) in [7, 11) is 0. The lowest BCUT2D eigenvalue weighted by Crippen LogP contribution is -2.51. The first kappa shape index (κ1) is 15.0. The van der Waals surface area contributed by atoms with Crippen LogP contribution in [-0.4, -0.2) is 47.7 Å². The van der Waals surface area contributed by atoms with Crippen LogP contribution in [-0.2, 0) is 16.1 Å². The lowest BCUT2D eigenvalue weighted by molar-refractivity contribution is -0.129. The van der Waals surface area contributed by atoms with Gasteiger partial charge in [0.05, 0.1) is 18.8 Å². The van der Waals surface area contributed by atoms with Gasteiger partial charge in [0.1, 0.15) is 6.04 Å². The molecule has 3 N–H and O–H groups in total. The number of aromatic carboxylic acids is 1. The van der Waals surface area contributed by atoms with Gasteiger partial charge in [-0.3, -0.25) is 9.69 Å². The summed E-state index contributed by atoms with van der Waals surface area (Å²) in [6, 6.07) is 4.38. The van der Waals surface area contributed by atoms with Gasteiger partial charge in [-0.1, -0.05) is 22.0 Å². The van der Waals surface area contributed by atoms with Gasteiger partial charge >= 0.3 is 5.97 Å². The van der Waals surface area contributed by atoms with E-state index in [1.54, 1.807) is 18.2 Å². The summed E-state index contributed by atoms with van der Waals surface area (Å²) in [4.78, 5) is 24.2. The summed E-state index contributed by atoms with van der Waals surface area (Å²) in [5.41, 5.74) is 6.49. The quantitative estimate of drug-likeness (QED) is 0.845. The minimum absolute atomic E-state index is 0.217. The average molecular weight is 343 g/mol. The molecule has 7 heteroatoms. The molecular weight excluding hydrogens is 328 g/mol. The molecular formula is C13H15BrN2O4. The van der Waals surface area contributed by atoms with Crippen molar-refractivity contribution < 1.29 is 19.4 Å². The minimum atomic E-state index is -0.973. The number of benzene rings is 1. The summed E-state index contributed by atoms with van der Waals surface area (Å²) in [6.07, 6.45) is 0. The Kier molecular flexibility index (Phi) is 4.74. The molecule has 1 aliphatic rings. The Hall–Kier alpha value is -1.44. The molecule has 0 aromatic heterocycles. The summed E-state index contributed by atoms with van der Waals surface area (Å²) in [6.45, 7) is 1.97. The Bertz CT molecular complexity index is 535. The Balaban J connectivity index is 2.16. The van der Waals surface area contributed by atoms with Gasteiger partial charge in [-0.05, 0) is 17.7 Å². The number of carbonyl (C=O) groups is 2. The fraction of sp³-hybridized carbons (Fsp3) is 0.385. The van der Waals surface area contributed by atoms with Crippen LogP contribution in [0.1, 0.15) is 15.9 Å². The molecule has 108 valence electrons. The lowest BCUT2D eigenvalue weighted by atomic mass is 10.1. The van der Waals surface area contributed by atoms with Crippen molar-refractivity contribution in [3.05, 3.63) is 33.8 Å². The van der Waals surface area contributed by atoms with Crippen molar-refractivity contribution in [3.63, 3.8) is 0 Å². The Morgan fingerprint density at radius 1 is 1.50 bits per heavy atom. The third kappa shape index (κ3) is 3.36. The van der Waals surface area contributed by atoms with Crippen molar-refractivity contribution in [2.75, 3.05) is 19.8 Å². The van der Waals surface area contributed by atoms with E-state index in [0.29, 0.717) is 30.8 Å². The second-order valence-electron chi connectivity index (χ2n) is 4.57. The monoisotopic (exact) mass is 342 g/mol. The first-order valence-electron chi connectivity index (χ1n) is 6.12. The second-order valence-corrected chi connectivity index (χ2v) is 5.43. The van der Waals surface area contributed by atoms with Gasteiger partial charge in [-0.25, -0.2) is 4.79 Å². The van der Waals surface area contributed by atoms with Gasteiger partial charge in [0.2, 0.25) is 5.91 Å². The van der Waals surface area contributed by atoms with Crippen molar-refractivity contribution in [1.29, 1.82) is 0 Å². The van der Waals surface area contributed by atoms with Crippen LogP contribution in [0.15, 0.2) is 22.7 Å². The van der Waals surface area contributed by atoms with E-state index in [1.165, 1.54) is 0 Å². The third-order valence-electron chi connectivity index (χ3n) is 3.24. The maximum Gasteiger partial charge on any atom is 0.335 e. The number of morpholine rings is 1. The fourth-order valence-electron chi connectivity index (χ4n) is 2.12. The highest BCUT2D eigenvalue weighted by Gasteiger charge is 2.28. The van der Waals surface area contributed by atoms with Crippen LogP contribution in [0.5, 0.6) is 0 Å². The lowest BCUT2D eigenvalue weighted by Gasteiger charge is -2.33. The highest BCUT2D eigenvalue weighted by Crippen LogP contribution is 2.22. The number of primary amides is 1. The number of nitrogens with two attached hydrogens (primary N) is 1. The number of hydrogen-bond acceptors (Lipinski definition) is 4. The van der Waals surface area contributed by atoms with Gasteiger partial charge in [0.25, 0.3) is 0 Å². The van der Waals surface area contributed by atoms with Gasteiger partial charge in [0, 0.05) is 17.6 Å². The minimum Gasteiger partial charge on any atom is -0.478 e. The number of hydrogen-bond donors (Lipinski definition) is 2. The van der Waals surface area contributed by atoms with Crippen molar-refractivity contribution in [2.24, 2.45) is 5.73 Å². The molecule has 0 bridgehead atoms. The van der Waals surface area contributed by atoms with Crippen molar-refractivity contribution in [3.8, 4) is 0 Å². The zero-order chi connectivity index (χ0) is 14.7. The molecule has 6 nitrogen and oxygen atoms in total. The first-order chi connectivity index (χ1) is 9.49. The molecule has 0 spiro atoms. The van der Waals surface area contributed by atoms with E-state index in [9.17, 15) is 9.59 Å². The third-order valence-corrected chi connectivity index (χ3v) is 3.98. The Morgan fingerprint density at radius 3 is 2.85 bits per heavy atom. The van der Waals surface area contributed by atoms with E-state index in [2.05, 4.69) is 15.9 Å². The number of carbonyl (C=O) groups excluding carboxylic acids is 1. The van der Waals surface area contributed by atoms with Gasteiger partial charge < -0.3 is 15.6 Å². The Morgan fingerprint density at radius 2 is 2.25 bits per heavy atom. The summed E-state index contributed by atoms with van der Waals surface area (Å²) >= 11 is 3.36. The van der Waals surface area contributed by atoms with E-state index in [1.807, 2.05) is 4.90 Å². The molecule has 0 radical (unpaired) electrons. The maximum atomic E-state index is 11.4. The normalized spacial score (nSPS) is 19.8. The smallest absolute Gasteiger partial charge is 0.335 e. The number of nitrogens with zero attached hydrogens (tertiary/aromatic N) is 1. The molecule has 1 aromatic rings. The molecule has 2 rings (SSSR count). The van der Waals surface area contributed by atoms with Crippen molar-refractivity contribution in [2.45, 2.75) is 12.6 Å². The predicted molar refractivity (Wildman–Crippen MR) is 75.3 cm³/mol. The number of ether oxygens (including phenoxy) is 1. The summed E-state index contributed by atoms with van der Waals surface area (Å²) in [5.74, 6) is -1.39. The average Bonchev–Trinajstić information content (AvgIpc) is 2.41. The van der Waals surface area contributed by atoms with Crippen LogP contribution in [0.4, 0.5) is 0 Å². The molecule has 1 unspecified atom stereocenters. The Labute approximate surface area is 124 Å². The van der Waals surface area contributed by atoms with E-state index < -0.39 is 17.9 Å². The molecule has 20 heavy (non-hydrogen) atoms. The maximum absolute atomic E-state index is 11.4. The van der Waals surface area contributed by atoms with E-state index in [0.717, 1.165) is 5.56 Å². The van der Waals surface area contributed by atoms with Crippen molar-refractivity contribution in [1.82, 2.24) is 4.90 Å². The number of rotatable bonds is 4. The van der Waals surface area contributed by atoms with Crippen LogP contribution in [0.25, 0.3) is 0 Å². The van der Waals surface area contributed by atoms with E-state index in [-0.39, 0.29) is 5.56 Å². The molecule has 1 heterocycles. The predicted octanol–water partition coefficient (Wildman–Crippen LogP) is 0.833. The summed E-state index contributed by atoms with van der Waals surface area (Å²) < 4.78 is 5.96. The molecule has 1 aliphatic heterocycles. The molecule has 1 atom stereocenters. The number of halogens is 1. The first-order valence-corrected chi connectivity index (χ1v) is 6.91. The molecule has 1 saturated heterocycles. The zero-order valence-electron chi connectivity index (χ0n) is 10.7. The molecule has 1 amide bonds. The number of carboxylic acids is 1. The fourth-order valence-corrected chi connectivity index (χ4v) is 2.62. The highest BCUT2D eigenvalue weighted by atomic mass is 79.9.